The van der Waals surface area contributed by atoms with Gasteiger partial charge in [0.05, 0.1) is 7.11 Å². The Labute approximate surface area is 153 Å². The number of rotatable bonds is 12. The summed E-state index contributed by atoms with van der Waals surface area (Å²) >= 11 is 0. The monoisotopic (exact) mass is 365 g/mol. The number of hydrogen-bond donors (Lipinski definition) is 3. The van der Waals surface area contributed by atoms with E-state index in [0.717, 1.165) is 19.3 Å². The fourth-order valence-corrected chi connectivity index (χ4v) is 2.49. The maximum absolute atomic E-state index is 12.1. The third kappa shape index (κ3) is 9.12. The normalized spacial score (nSPS) is 11.5. The molecule has 26 heavy (non-hydrogen) atoms. The molecule has 1 atom stereocenters. The Bertz CT molecular complexity index is 565. The lowest BCUT2D eigenvalue weighted by molar-refractivity contribution is -0.145. The molecule has 0 saturated carbocycles. The maximum Gasteiger partial charge on any atom is 0.328 e. The molecule has 2 amide bonds. The van der Waals surface area contributed by atoms with Gasteiger partial charge < -0.3 is 10.1 Å². The SMILES string of the molecule is COC(=O)[C@@H](Cc1ccccn1)NC(=O)CCCCCCCC(=O)NO. The van der Waals surface area contributed by atoms with E-state index in [9.17, 15) is 14.4 Å². The van der Waals surface area contributed by atoms with Crippen molar-refractivity contribution in [1.82, 2.24) is 15.8 Å². The number of amides is 2. The third-order valence-corrected chi connectivity index (χ3v) is 3.89. The molecular weight excluding hydrogens is 338 g/mol. The van der Waals surface area contributed by atoms with Gasteiger partial charge in [0.1, 0.15) is 6.04 Å². The summed E-state index contributed by atoms with van der Waals surface area (Å²) < 4.78 is 4.75. The van der Waals surface area contributed by atoms with Crippen molar-refractivity contribution in [2.75, 3.05) is 7.11 Å². The molecule has 0 fully saturated rings. The van der Waals surface area contributed by atoms with Gasteiger partial charge in [0.25, 0.3) is 0 Å². The van der Waals surface area contributed by atoms with E-state index in [1.807, 2.05) is 6.07 Å². The first-order valence-corrected chi connectivity index (χ1v) is 8.77. The summed E-state index contributed by atoms with van der Waals surface area (Å²) in [6.45, 7) is 0. The number of carbonyl (C=O) groups excluding carboxylic acids is 3. The third-order valence-electron chi connectivity index (χ3n) is 3.89. The minimum atomic E-state index is -0.751. The minimum absolute atomic E-state index is 0.198. The number of aromatic nitrogens is 1. The molecule has 0 aromatic carbocycles. The average molecular weight is 365 g/mol. The first-order chi connectivity index (χ1) is 12.6. The van der Waals surface area contributed by atoms with Crippen LogP contribution in [0.15, 0.2) is 24.4 Å². The highest BCUT2D eigenvalue weighted by atomic mass is 16.5. The summed E-state index contributed by atoms with van der Waals surface area (Å²) in [7, 11) is 1.29. The van der Waals surface area contributed by atoms with Crippen LogP contribution in [0, 0.1) is 0 Å². The second-order valence-corrected chi connectivity index (χ2v) is 5.97. The van der Waals surface area contributed by atoms with E-state index < -0.39 is 12.0 Å². The fraction of sp³-hybridized carbons (Fsp3) is 0.556. The molecule has 1 heterocycles. The topological polar surface area (TPSA) is 118 Å². The van der Waals surface area contributed by atoms with E-state index in [-0.39, 0.29) is 18.2 Å². The molecule has 0 aliphatic rings. The number of nitrogens with one attached hydrogen (secondary N) is 2. The van der Waals surface area contributed by atoms with Crippen LogP contribution >= 0.6 is 0 Å². The highest BCUT2D eigenvalue weighted by molar-refractivity contribution is 5.84. The zero-order valence-electron chi connectivity index (χ0n) is 15.1. The van der Waals surface area contributed by atoms with Gasteiger partial charge in [-0.05, 0) is 25.0 Å². The number of hydroxylamine groups is 1. The van der Waals surface area contributed by atoms with Crippen LogP contribution in [-0.2, 0) is 25.5 Å². The largest absolute Gasteiger partial charge is 0.467 e. The standard InChI is InChI=1S/C18H27N3O5/c1-26-18(24)15(13-14-9-7-8-12-19-14)20-16(22)10-5-3-2-4-6-11-17(23)21-25/h7-9,12,15,25H,2-6,10-11,13H2,1H3,(H,20,22)(H,21,23)/t15-/m1/s1. The van der Waals surface area contributed by atoms with Gasteiger partial charge in [-0.2, -0.15) is 0 Å². The van der Waals surface area contributed by atoms with Gasteiger partial charge in [-0.1, -0.05) is 25.3 Å². The van der Waals surface area contributed by atoms with Crippen LogP contribution in [0.5, 0.6) is 0 Å². The molecule has 0 bridgehead atoms. The number of pyridine rings is 1. The van der Waals surface area contributed by atoms with Crippen molar-refractivity contribution in [2.45, 2.75) is 57.4 Å². The Morgan fingerprint density at radius 2 is 1.73 bits per heavy atom. The van der Waals surface area contributed by atoms with Gasteiger partial charge in [-0.15, -0.1) is 0 Å². The first kappa shape index (κ1) is 21.6. The number of esters is 1. The lowest BCUT2D eigenvalue weighted by Gasteiger charge is -2.16. The van der Waals surface area contributed by atoms with Gasteiger partial charge in [0.2, 0.25) is 11.8 Å². The second kappa shape index (κ2) is 12.8. The van der Waals surface area contributed by atoms with Gasteiger partial charge in [0, 0.05) is 31.2 Å². The first-order valence-electron chi connectivity index (χ1n) is 8.77. The van der Waals surface area contributed by atoms with E-state index in [2.05, 4.69) is 10.3 Å². The lowest BCUT2D eigenvalue weighted by atomic mass is 10.1. The molecule has 0 saturated heterocycles. The van der Waals surface area contributed by atoms with Crippen LogP contribution in [-0.4, -0.2) is 41.1 Å². The smallest absolute Gasteiger partial charge is 0.328 e. The van der Waals surface area contributed by atoms with E-state index in [4.69, 9.17) is 9.94 Å². The Kier molecular flexibility index (Phi) is 10.6. The highest BCUT2D eigenvalue weighted by Gasteiger charge is 2.22. The summed E-state index contributed by atoms with van der Waals surface area (Å²) in [4.78, 5) is 38.9. The molecule has 0 spiro atoms. The van der Waals surface area contributed by atoms with Gasteiger partial charge in [-0.3, -0.25) is 19.8 Å². The van der Waals surface area contributed by atoms with E-state index in [1.54, 1.807) is 23.8 Å². The molecule has 1 rings (SSSR count). The van der Waals surface area contributed by atoms with Crippen LogP contribution in [0.25, 0.3) is 0 Å². The van der Waals surface area contributed by atoms with E-state index in [1.165, 1.54) is 7.11 Å². The number of carbonyl (C=O) groups is 3. The average Bonchev–Trinajstić information content (AvgIpc) is 2.66. The van der Waals surface area contributed by atoms with Crippen molar-refractivity contribution in [2.24, 2.45) is 0 Å². The van der Waals surface area contributed by atoms with Crippen molar-refractivity contribution in [1.29, 1.82) is 0 Å². The number of unbranched alkanes of at least 4 members (excludes halogenated alkanes) is 4. The molecule has 0 radical (unpaired) electrons. The van der Waals surface area contributed by atoms with Crippen molar-refractivity contribution in [3.05, 3.63) is 30.1 Å². The number of ether oxygens (including phenoxy) is 1. The van der Waals surface area contributed by atoms with Crippen molar-refractivity contribution in [3.8, 4) is 0 Å². The predicted octanol–water partition coefficient (Wildman–Crippen LogP) is 1.52. The molecule has 0 aliphatic heterocycles. The van der Waals surface area contributed by atoms with Crippen LogP contribution in [0.2, 0.25) is 0 Å². The quantitative estimate of drug-likeness (QED) is 0.224. The van der Waals surface area contributed by atoms with Crippen LogP contribution in [0.4, 0.5) is 0 Å². The van der Waals surface area contributed by atoms with Crippen molar-refractivity contribution < 1.29 is 24.3 Å². The van der Waals surface area contributed by atoms with E-state index >= 15 is 0 Å². The zero-order chi connectivity index (χ0) is 19.2. The Morgan fingerprint density at radius 1 is 1.08 bits per heavy atom. The number of nitrogens with zero attached hydrogens (tertiary/aromatic N) is 1. The highest BCUT2D eigenvalue weighted by Crippen LogP contribution is 2.08. The molecule has 8 nitrogen and oxygen atoms in total. The van der Waals surface area contributed by atoms with Gasteiger partial charge in [0.15, 0.2) is 0 Å². The summed E-state index contributed by atoms with van der Waals surface area (Å²) in [6, 6.07) is 4.65. The van der Waals surface area contributed by atoms with Crippen molar-refractivity contribution in [3.63, 3.8) is 0 Å². The maximum atomic E-state index is 12.1. The lowest BCUT2D eigenvalue weighted by Crippen LogP contribution is -2.43. The fourth-order valence-electron chi connectivity index (χ4n) is 2.49. The second-order valence-electron chi connectivity index (χ2n) is 5.97. The van der Waals surface area contributed by atoms with Crippen LogP contribution in [0.3, 0.4) is 0 Å². The summed E-state index contributed by atoms with van der Waals surface area (Å²) in [5.74, 6) is -1.08. The van der Waals surface area contributed by atoms with Crippen molar-refractivity contribution >= 4 is 17.8 Å². The van der Waals surface area contributed by atoms with Crippen LogP contribution < -0.4 is 10.8 Å². The Morgan fingerprint density at radius 3 is 2.31 bits per heavy atom. The van der Waals surface area contributed by atoms with Gasteiger partial charge >= 0.3 is 5.97 Å². The minimum Gasteiger partial charge on any atom is -0.467 e. The molecular formula is C18H27N3O5. The summed E-state index contributed by atoms with van der Waals surface area (Å²) in [5.41, 5.74) is 2.30. The molecule has 1 aromatic heterocycles. The number of methoxy groups -OCH3 is 1. The predicted molar refractivity (Wildman–Crippen MR) is 94.1 cm³/mol. The molecule has 0 aliphatic carbocycles. The van der Waals surface area contributed by atoms with Gasteiger partial charge in [-0.25, -0.2) is 10.3 Å². The molecule has 1 aromatic rings. The Hall–Kier alpha value is -2.48. The molecule has 144 valence electrons. The summed E-state index contributed by atoms with van der Waals surface area (Å²) in [6.07, 6.45) is 6.57. The van der Waals surface area contributed by atoms with E-state index in [0.29, 0.717) is 31.4 Å². The summed E-state index contributed by atoms with van der Waals surface area (Å²) in [5, 5.41) is 11.1. The molecule has 0 unspecified atom stereocenters. The van der Waals surface area contributed by atoms with Crippen LogP contribution in [0.1, 0.15) is 50.6 Å². The number of hydrogen-bond acceptors (Lipinski definition) is 6. The zero-order valence-corrected chi connectivity index (χ0v) is 15.1. The Balaban J connectivity index is 2.27. The molecule has 8 heteroatoms. The molecule has 3 N–H and O–H groups in total.